The van der Waals surface area contributed by atoms with Gasteiger partial charge in [-0.15, -0.1) is 0 Å². The molecule has 5 heteroatoms. The van der Waals surface area contributed by atoms with Crippen molar-refractivity contribution in [2.24, 2.45) is 11.8 Å². The van der Waals surface area contributed by atoms with Crippen LogP contribution in [0.3, 0.4) is 0 Å². The number of carbonyl (C=O) groups is 1. The molecule has 0 amide bonds. The van der Waals surface area contributed by atoms with Crippen molar-refractivity contribution in [3.8, 4) is 5.75 Å². The van der Waals surface area contributed by atoms with Gasteiger partial charge in [-0.3, -0.25) is 4.79 Å². The number of rotatable bonds is 5. The molecule has 1 aliphatic rings. The molecule has 0 radical (unpaired) electrons. The normalized spacial score (nSPS) is 26.5. The summed E-state index contributed by atoms with van der Waals surface area (Å²) >= 11 is 0. The summed E-state index contributed by atoms with van der Waals surface area (Å²) in [7, 11) is 0. The van der Waals surface area contributed by atoms with Crippen LogP contribution in [0.4, 0.5) is 8.78 Å². The summed E-state index contributed by atoms with van der Waals surface area (Å²) in [6.07, 6.45) is 1.10. The summed E-state index contributed by atoms with van der Waals surface area (Å²) in [6, 6.07) is 8.37. The van der Waals surface area contributed by atoms with Crippen LogP contribution in [0, 0.1) is 11.8 Å². The number of alkyl halides is 2. The Kier molecular flexibility index (Phi) is 4.73. The average Bonchev–Trinajstić information content (AvgIpc) is 2.69. The summed E-state index contributed by atoms with van der Waals surface area (Å²) in [5, 5.41) is 9.69. The molecular weight excluding hydrogens is 278 g/mol. The number of Topliss-reactive ketones (excluding diaryl/α,β-unsaturated/α-hetero) is 1. The van der Waals surface area contributed by atoms with Crippen molar-refractivity contribution in [3.63, 3.8) is 0 Å². The van der Waals surface area contributed by atoms with E-state index in [1.165, 1.54) is 6.08 Å². The molecule has 0 bridgehead atoms. The fourth-order valence-electron chi connectivity index (χ4n) is 2.37. The molecule has 0 aromatic heterocycles. The first-order chi connectivity index (χ1) is 9.89. The molecule has 0 heterocycles. The molecule has 21 heavy (non-hydrogen) atoms. The second-order valence-corrected chi connectivity index (χ2v) is 5.33. The molecule has 1 aliphatic carbocycles. The lowest BCUT2D eigenvalue weighted by atomic mass is 9.95. The van der Waals surface area contributed by atoms with Gasteiger partial charge in [-0.1, -0.05) is 31.2 Å². The fourth-order valence-corrected chi connectivity index (χ4v) is 2.37. The fraction of sp³-hybridized carbons (Fsp3) is 0.438. The van der Waals surface area contributed by atoms with Gasteiger partial charge in [0.1, 0.15) is 11.5 Å². The molecule has 3 nitrogen and oxygen atoms in total. The highest BCUT2D eigenvalue weighted by atomic mass is 19.3. The Bertz CT molecular complexity index is 514. The van der Waals surface area contributed by atoms with Gasteiger partial charge < -0.3 is 9.84 Å². The number of benzene rings is 1. The third-order valence-corrected chi connectivity index (χ3v) is 3.68. The molecule has 1 saturated carbocycles. The van der Waals surface area contributed by atoms with Gasteiger partial charge in [0.05, 0.1) is 6.10 Å². The Labute approximate surface area is 122 Å². The van der Waals surface area contributed by atoms with Crippen molar-refractivity contribution >= 4 is 5.78 Å². The number of hydrogen-bond donors (Lipinski definition) is 1. The van der Waals surface area contributed by atoms with Crippen molar-refractivity contribution in [1.82, 2.24) is 0 Å². The van der Waals surface area contributed by atoms with Crippen LogP contribution in [-0.2, 0) is 4.79 Å². The molecule has 2 rings (SSSR count). The van der Waals surface area contributed by atoms with Gasteiger partial charge in [0, 0.05) is 18.3 Å². The molecule has 1 fully saturated rings. The largest absolute Gasteiger partial charge is 0.487 e. The van der Waals surface area contributed by atoms with Crippen molar-refractivity contribution < 1.29 is 23.4 Å². The van der Waals surface area contributed by atoms with Gasteiger partial charge in [0.25, 0.3) is 5.92 Å². The highest BCUT2D eigenvalue weighted by Gasteiger charge is 2.38. The molecule has 1 aromatic carbocycles. The maximum atomic E-state index is 13.7. The Morgan fingerprint density at radius 2 is 2.05 bits per heavy atom. The SMILES string of the molecule is C[C@H]1C(=O)C[C@@H](O)[C@@H]1/C=C/C(F)(F)COc1ccccc1. The number of carbonyl (C=O) groups excluding carboxylic acids is 1. The molecule has 1 N–H and O–H groups in total. The molecule has 0 saturated heterocycles. The predicted molar refractivity (Wildman–Crippen MR) is 74.3 cm³/mol. The molecular formula is C16H18F2O3. The van der Waals surface area contributed by atoms with E-state index in [0.29, 0.717) is 5.75 Å². The molecule has 0 spiro atoms. The van der Waals surface area contributed by atoms with E-state index in [0.717, 1.165) is 6.08 Å². The molecule has 0 unspecified atom stereocenters. The van der Waals surface area contributed by atoms with Crippen molar-refractivity contribution in [2.75, 3.05) is 6.61 Å². The first-order valence-electron chi connectivity index (χ1n) is 6.85. The molecule has 1 aromatic rings. The van der Waals surface area contributed by atoms with Gasteiger partial charge in [-0.25, -0.2) is 0 Å². The van der Waals surface area contributed by atoms with Crippen LogP contribution in [0.5, 0.6) is 5.75 Å². The summed E-state index contributed by atoms with van der Waals surface area (Å²) in [4.78, 5) is 11.4. The van der Waals surface area contributed by atoms with E-state index >= 15 is 0 Å². The highest BCUT2D eigenvalue weighted by molar-refractivity contribution is 5.84. The summed E-state index contributed by atoms with van der Waals surface area (Å²) in [6.45, 7) is 0.866. The van der Waals surface area contributed by atoms with Crippen LogP contribution in [0.25, 0.3) is 0 Å². The average molecular weight is 296 g/mol. The molecule has 0 aliphatic heterocycles. The van der Waals surface area contributed by atoms with E-state index in [-0.39, 0.29) is 12.2 Å². The lowest BCUT2D eigenvalue weighted by Gasteiger charge is -2.16. The quantitative estimate of drug-likeness (QED) is 0.850. The lowest BCUT2D eigenvalue weighted by Crippen LogP contribution is -2.24. The minimum atomic E-state index is -3.15. The highest BCUT2D eigenvalue weighted by Crippen LogP contribution is 2.31. The van der Waals surface area contributed by atoms with Crippen LogP contribution >= 0.6 is 0 Å². The maximum absolute atomic E-state index is 13.7. The zero-order chi connectivity index (χ0) is 15.5. The predicted octanol–water partition coefficient (Wildman–Crippen LogP) is 2.84. The Hall–Kier alpha value is -1.75. The van der Waals surface area contributed by atoms with Crippen LogP contribution in [-0.4, -0.2) is 29.5 Å². The van der Waals surface area contributed by atoms with E-state index in [9.17, 15) is 18.7 Å². The van der Waals surface area contributed by atoms with Crippen LogP contribution < -0.4 is 4.74 Å². The van der Waals surface area contributed by atoms with Crippen LogP contribution in [0.2, 0.25) is 0 Å². The number of aliphatic hydroxyl groups excluding tert-OH is 1. The van der Waals surface area contributed by atoms with Crippen LogP contribution in [0.1, 0.15) is 13.3 Å². The number of aliphatic hydroxyl groups is 1. The van der Waals surface area contributed by atoms with Gasteiger partial charge in [0.2, 0.25) is 0 Å². The van der Waals surface area contributed by atoms with E-state index in [1.54, 1.807) is 37.3 Å². The van der Waals surface area contributed by atoms with Gasteiger partial charge in [0.15, 0.2) is 6.61 Å². The molecule has 114 valence electrons. The molecule has 3 atom stereocenters. The lowest BCUT2D eigenvalue weighted by molar-refractivity contribution is -0.120. The Morgan fingerprint density at radius 3 is 2.62 bits per heavy atom. The topological polar surface area (TPSA) is 46.5 Å². The standard InChI is InChI=1S/C16H18F2O3/c1-11-13(15(20)9-14(11)19)7-8-16(17,18)10-21-12-5-3-2-4-6-12/h2-8,11,13,15,20H,9-10H2,1H3/b8-7+/t11-,13-,15-/m1/s1. The van der Waals surface area contributed by atoms with E-state index in [4.69, 9.17) is 4.74 Å². The number of hydrogen-bond acceptors (Lipinski definition) is 3. The summed E-state index contributed by atoms with van der Waals surface area (Å²) in [5.41, 5.74) is 0. The van der Waals surface area contributed by atoms with Crippen molar-refractivity contribution in [1.29, 1.82) is 0 Å². The zero-order valence-electron chi connectivity index (χ0n) is 11.7. The summed E-state index contributed by atoms with van der Waals surface area (Å²) < 4.78 is 32.5. The monoisotopic (exact) mass is 296 g/mol. The zero-order valence-corrected chi connectivity index (χ0v) is 11.7. The smallest absolute Gasteiger partial charge is 0.299 e. The van der Waals surface area contributed by atoms with E-state index in [1.807, 2.05) is 0 Å². The van der Waals surface area contributed by atoms with Crippen molar-refractivity contribution in [3.05, 3.63) is 42.5 Å². The summed E-state index contributed by atoms with van der Waals surface area (Å²) in [5.74, 6) is -3.86. The van der Waals surface area contributed by atoms with Gasteiger partial charge in [-0.05, 0) is 18.2 Å². The third-order valence-electron chi connectivity index (χ3n) is 3.68. The Morgan fingerprint density at radius 1 is 1.38 bits per heavy atom. The first kappa shape index (κ1) is 15.6. The Balaban J connectivity index is 1.94. The number of ether oxygens (including phenoxy) is 1. The second-order valence-electron chi connectivity index (χ2n) is 5.33. The minimum absolute atomic E-state index is 0.0300. The van der Waals surface area contributed by atoms with Gasteiger partial charge in [-0.2, -0.15) is 8.78 Å². The maximum Gasteiger partial charge on any atom is 0.299 e. The first-order valence-corrected chi connectivity index (χ1v) is 6.85. The van der Waals surface area contributed by atoms with E-state index in [2.05, 4.69) is 0 Å². The number of ketones is 1. The minimum Gasteiger partial charge on any atom is -0.487 e. The van der Waals surface area contributed by atoms with E-state index < -0.39 is 30.5 Å². The number of halogens is 2. The van der Waals surface area contributed by atoms with Crippen LogP contribution in [0.15, 0.2) is 42.5 Å². The van der Waals surface area contributed by atoms with Gasteiger partial charge >= 0.3 is 0 Å². The third kappa shape index (κ3) is 4.11. The number of para-hydroxylation sites is 1. The second kappa shape index (κ2) is 6.35. The van der Waals surface area contributed by atoms with Crippen molar-refractivity contribution in [2.45, 2.75) is 25.4 Å².